The van der Waals surface area contributed by atoms with Gasteiger partial charge in [0.05, 0.1) is 0 Å². The fourth-order valence-electron chi connectivity index (χ4n) is 1.07. The minimum Gasteiger partial charge on any atom is -0.508 e. The molecule has 0 radical (unpaired) electrons. The van der Waals surface area contributed by atoms with Gasteiger partial charge in [0.15, 0.2) is 0 Å². The number of hydrogen-bond donors (Lipinski definition) is 3. The van der Waals surface area contributed by atoms with E-state index >= 15 is 0 Å². The highest BCUT2D eigenvalue weighted by Gasteiger charge is 1.99. The molecular formula is C12H13NO3. The van der Waals surface area contributed by atoms with E-state index in [2.05, 4.69) is 11.9 Å². The first-order valence-corrected chi connectivity index (χ1v) is 4.72. The van der Waals surface area contributed by atoms with Gasteiger partial charge in [0.2, 0.25) is 5.91 Å². The molecule has 1 rings (SSSR count). The van der Waals surface area contributed by atoms with Crippen molar-refractivity contribution in [1.82, 2.24) is 5.32 Å². The molecule has 4 heteroatoms. The molecule has 0 aliphatic carbocycles. The number of rotatable bonds is 4. The van der Waals surface area contributed by atoms with Crippen molar-refractivity contribution in [1.29, 1.82) is 0 Å². The molecule has 4 nitrogen and oxygen atoms in total. The number of hydrogen-bond acceptors (Lipinski definition) is 3. The maximum Gasteiger partial charge on any atom is 0.244 e. The van der Waals surface area contributed by atoms with E-state index in [1.165, 1.54) is 30.4 Å². The van der Waals surface area contributed by atoms with Crippen LogP contribution in [0.15, 0.2) is 36.9 Å². The molecule has 0 saturated heterocycles. The summed E-state index contributed by atoms with van der Waals surface area (Å²) in [5.41, 5.74) is 0.464. The number of phenolic OH excluding ortho intramolecular Hbond substituents is 2. The lowest BCUT2D eigenvalue weighted by atomic mass is 10.2. The van der Waals surface area contributed by atoms with Crippen LogP contribution in [0.2, 0.25) is 0 Å². The summed E-state index contributed by atoms with van der Waals surface area (Å²) in [6.45, 7) is 3.86. The Kier molecular flexibility index (Phi) is 4.15. The molecule has 1 amide bonds. The van der Waals surface area contributed by atoms with Crippen LogP contribution in [0.25, 0.3) is 6.08 Å². The summed E-state index contributed by atoms with van der Waals surface area (Å²) in [4.78, 5) is 11.2. The largest absolute Gasteiger partial charge is 0.508 e. The van der Waals surface area contributed by atoms with Crippen molar-refractivity contribution in [2.45, 2.75) is 0 Å². The first-order chi connectivity index (χ1) is 7.63. The topological polar surface area (TPSA) is 69.6 Å². The highest BCUT2D eigenvalue weighted by molar-refractivity contribution is 5.92. The number of aromatic hydroxyl groups is 2. The molecule has 0 aliphatic heterocycles. The van der Waals surface area contributed by atoms with E-state index in [1.54, 1.807) is 6.08 Å². The van der Waals surface area contributed by atoms with E-state index < -0.39 is 0 Å². The van der Waals surface area contributed by atoms with E-state index in [-0.39, 0.29) is 17.4 Å². The number of carbonyl (C=O) groups excluding carboxylic acids is 1. The number of carbonyl (C=O) groups is 1. The van der Waals surface area contributed by atoms with Crippen molar-refractivity contribution in [3.8, 4) is 11.5 Å². The van der Waals surface area contributed by atoms with Gasteiger partial charge in [0.25, 0.3) is 0 Å². The van der Waals surface area contributed by atoms with E-state index in [0.29, 0.717) is 12.1 Å². The zero-order valence-electron chi connectivity index (χ0n) is 8.68. The Morgan fingerprint density at radius 1 is 1.44 bits per heavy atom. The molecule has 16 heavy (non-hydrogen) atoms. The van der Waals surface area contributed by atoms with Gasteiger partial charge in [-0.15, -0.1) is 6.58 Å². The Hall–Kier alpha value is -2.23. The maximum absolute atomic E-state index is 11.2. The van der Waals surface area contributed by atoms with Crippen LogP contribution >= 0.6 is 0 Å². The van der Waals surface area contributed by atoms with Crippen molar-refractivity contribution in [2.24, 2.45) is 0 Å². The third-order valence-corrected chi connectivity index (χ3v) is 1.85. The lowest BCUT2D eigenvalue weighted by molar-refractivity contribution is -0.116. The standard InChI is InChI=1S/C12H13NO3/c1-2-7-13-12(16)6-4-9-3-5-10(14)8-11(9)15/h2-6,8,14-15H,1,7H2,(H,13,16). The average molecular weight is 219 g/mol. The smallest absolute Gasteiger partial charge is 0.244 e. The van der Waals surface area contributed by atoms with Gasteiger partial charge >= 0.3 is 0 Å². The van der Waals surface area contributed by atoms with Gasteiger partial charge < -0.3 is 15.5 Å². The Labute approximate surface area is 93.5 Å². The van der Waals surface area contributed by atoms with Crippen LogP contribution < -0.4 is 5.32 Å². The highest BCUT2D eigenvalue weighted by Crippen LogP contribution is 2.23. The zero-order chi connectivity index (χ0) is 12.0. The molecule has 0 saturated carbocycles. The van der Waals surface area contributed by atoms with Gasteiger partial charge in [-0.2, -0.15) is 0 Å². The van der Waals surface area contributed by atoms with Crippen LogP contribution in [0.3, 0.4) is 0 Å². The van der Waals surface area contributed by atoms with Gasteiger partial charge in [0, 0.05) is 24.3 Å². The third kappa shape index (κ3) is 3.49. The molecule has 0 atom stereocenters. The van der Waals surface area contributed by atoms with Crippen LogP contribution in [0, 0.1) is 0 Å². The van der Waals surface area contributed by atoms with Gasteiger partial charge in [-0.1, -0.05) is 6.08 Å². The SMILES string of the molecule is C=CCNC(=O)C=Cc1ccc(O)cc1O. The molecule has 3 N–H and O–H groups in total. The first kappa shape index (κ1) is 11.8. The van der Waals surface area contributed by atoms with Gasteiger partial charge in [0.1, 0.15) is 11.5 Å². The monoisotopic (exact) mass is 219 g/mol. The van der Waals surface area contributed by atoms with E-state index in [9.17, 15) is 9.90 Å². The Morgan fingerprint density at radius 2 is 2.19 bits per heavy atom. The van der Waals surface area contributed by atoms with Crippen molar-refractivity contribution < 1.29 is 15.0 Å². The number of amides is 1. The summed E-state index contributed by atoms with van der Waals surface area (Å²) in [7, 11) is 0. The van der Waals surface area contributed by atoms with Gasteiger partial charge in [-0.25, -0.2) is 0 Å². The third-order valence-electron chi connectivity index (χ3n) is 1.85. The van der Waals surface area contributed by atoms with Crippen LogP contribution in [0.5, 0.6) is 11.5 Å². The second-order valence-electron chi connectivity index (χ2n) is 3.11. The summed E-state index contributed by atoms with van der Waals surface area (Å²) >= 11 is 0. The van der Waals surface area contributed by atoms with Crippen molar-refractivity contribution in [3.05, 3.63) is 42.5 Å². The molecule has 0 aromatic heterocycles. The normalized spacial score (nSPS) is 10.2. The van der Waals surface area contributed by atoms with Gasteiger partial charge in [-0.05, 0) is 18.2 Å². The lowest BCUT2D eigenvalue weighted by Gasteiger charge is -1.99. The maximum atomic E-state index is 11.2. The van der Waals surface area contributed by atoms with Crippen molar-refractivity contribution in [3.63, 3.8) is 0 Å². The Bertz CT molecular complexity index is 424. The predicted molar refractivity (Wildman–Crippen MR) is 62.0 cm³/mol. The highest BCUT2D eigenvalue weighted by atomic mass is 16.3. The van der Waals surface area contributed by atoms with Crippen LogP contribution in [-0.2, 0) is 4.79 Å². The summed E-state index contributed by atoms with van der Waals surface area (Å²) in [6, 6.07) is 4.16. The molecule has 84 valence electrons. The number of benzene rings is 1. The molecule has 0 spiro atoms. The molecule has 1 aromatic carbocycles. The molecule has 0 unspecified atom stereocenters. The molecule has 0 bridgehead atoms. The Balaban J connectivity index is 2.68. The van der Waals surface area contributed by atoms with E-state index in [4.69, 9.17) is 5.11 Å². The minimum atomic E-state index is -0.271. The molecule has 0 aliphatic rings. The number of nitrogens with one attached hydrogen (secondary N) is 1. The summed E-state index contributed by atoms with van der Waals surface area (Å²) in [5, 5.41) is 21.0. The van der Waals surface area contributed by atoms with Gasteiger partial charge in [-0.3, -0.25) is 4.79 Å². The molecule has 1 aromatic rings. The minimum absolute atomic E-state index is 0.0224. The van der Waals surface area contributed by atoms with E-state index in [1.807, 2.05) is 0 Å². The fraction of sp³-hybridized carbons (Fsp3) is 0.0833. The van der Waals surface area contributed by atoms with E-state index in [0.717, 1.165) is 0 Å². The second-order valence-corrected chi connectivity index (χ2v) is 3.11. The van der Waals surface area contributed by atoms with Crippen LogP contribution in [0.4, 0.5) is 0 Å². The summed E-state index contributed by atoms with van der Waals surface area (Å²) in [5.74, 6) is -0.370. The van der Waals surface area contributed by atoms with Crippen molar-refractivity contribution in [2.75, 3.05) is 6.54 Å². The number of phenols is 2. The van der Waals surface area contributed by atoms with Crippen LogP contribution in [-0.4, -0.2) is 22.7 Å². The lowest BCUT2D eigenvalue weighted by Crippen LogP contribution is -2.20. The second kappa shape index (κ2) is 5.60. The molecular weight excluding hydrogens is 206 g/mol. The quantitative estimate of drug-likeness (QED) is 0.529. The Morgan fingerprint density at radius 3 is 2.81 bits per heavy atom. The summed E-state index contributed by atoms with van der Waals surface area (Å²) < 4.78 is 0. The van der Waals surface area contributed by atoms with Crippen molar-refractivity contribution >= 4 is 12.0 Å². The summed E-state index contributed by atoms with van der Waals surface area (Å²) in [6.07, 6.45) is 4.34. The molecule has 0 heterocycles. The zero-order valence-corrected chi connectivity index (χ0v) is 8.68. The average Bonchev–Trinajstić information content (AvgIpc) is 2.25. The fourth-order valence-corrected chi connectivity index (χ4v) is 1.07. The van der Waals surface area contributed by atoms with Crippen LogP contribution in [0.1, 0.15) is 5.56 Å². The first-order valence-electron chi connectivity index (χ1n) is 4.72. The predicted octanol–water partition coefficient (Wildman–Crippen LogP) is 1.41. The molecule has 0 fully saturated rings.